The topological polar surface area (TPSA) is 46.1 Å². The number of fused-ring (bicyclic) bond motifs is 1. The Morgan fingerprint density at radius 1 is 1.11 bits per heavy atom. The van der Waals surface area contributed by atoms with Gasteiger partial charge in [-0.1, -0.05) is 36.0 Å². The summed E-state index contributed by atoms with van der Waals surface area (Å²) in [5.74, 6) is 0.239. The average Bonchev–Trinajstić information content (AvgIpc) is 2.73. The summed E-state index contributed by atoms with van der Waals surface area (Å²) < 4.78 is 13.3. The molecule has 2 heterocycles. The van der Waals surface area contributed by atoms with Crippen molar-refractivity contribution in [2.24, 2.45) is 0 Å². The molecule has 0 N–H and O–H groups in total. The smallest absolute Gasteiger partial charge is 0.233 e. The Labute approximate surface area is 168 Å². The molecule has 1 aromatic heterocycles. The molecular weight excluding hydrogens is 373 g/mol. The van der Waals surface area contributed by atoms with E-state index >= 15 is 0 Å². The van der Waals surface area contributed by atoms with Crippen LogP contribution in [-0.2, 0) is 4.79 Å². The van der Waals surface area contributed by atoms with Gasteiger partial charge in [0.1, 0.15) is 16.5 Å². The van der Waals surface area contributed by atoms with Gasteiger partial charge in [-0.3, -0.25) is 4.79 Å². The van der Waals surface area contributed by atoms with E-state index in [2.05, 4.69) is 17.1 Å². The SMILES string of the molecule is C[C@H]1CCCCN1C(=O)CSc1nnc(-c2ccc(F)cc2)c2ccccc12. The van der Waals surface area contributed by atoms with Crippen molar-refractivity contribution in [3.8, 4) is 11.3 Å². The second-order valence-electron chi connectivity index (χ2n) is 7.13. The van der Waals surface area contributed by atoms with Gasteiger partial charge in [0.05, 0.1) is 5.75 Å². The second-order valence-corrected chi connectivity index (χ2v) is 8.09. The number of rotatable bonds is 4. The zero-order chi connectivity index (χ0) is 19.5. The van der Waals surface area contributed by atoms with Crippen LogP contribution < -0.4 is 0 Å². The zero-order valence-electron chi connectivity index (χ0n) is 15.8. The maximum Gasteiger partial charge on any atom is 0.233 e. The maximum absolute atomic E-state index is 13.3. The summed E-state index contributed by atoms with van der Waals surface area (Å²) in [7, 11) is 0. The predicted octanol–water partition coefficient (Wildman–Crippen LogP) is 4.93. The van der Waals surface area contributed by atoms with E-state index in [9.17, 15) is 9.18 Å². The number of halogens is 1. The molecule has 1 saturated heterocycles. The number of aromatic nitrogens is 2. The van der Waals surface area contributed by atoms with E-state index in [4.69, 9.17) is 0 Å². The lowest BCUT2D eigenvalue weighted by molar-refractivity contribution is -0.131. The van der Waals surface area contributed by atoms with Gasteiger partial charge >= 0.3 is 0 Å². The highest BCUT2D eigenvalue weighted by atomic mass is 32.2. The number of likely N-dealkylation sites (tertiary alicyclic amines) is 1. The number of amides is 1. The third-order valence-corrected chi connectivity index (χ3v) is 6.19. The third kappa shape index (κ3) is 3.87. The van der Waals surface area contributed by atoms with Crippen molar-refractivity contribution >= 4 is 28.4 Å². The number of hydrogen-bond acceptors (Lipinski definition) is 4. The van der Waals surface area contributed by atoms with Crippen molar-refractivity contribution in [2.75, 3.05) is 12.3 Å². The monoisotopic (exact) mass is 395 g/mol. The Morgan fingerprint density at radius 3 is 2.61 bits per heavy atom. The van der Waals surface area contributed by atoms with E-state index in [1.165, 1.54) is 30.3 Å². The van der Waals surface area contributed by atoms with Gasteiger partial charge in [0, 0.05) is 28.9 Å². The molecule has 2 aromatic carbocycles. The summed E-state index contributed by atoms with van der Waals surface area (Å²) in [5.41, 5.74) is 1.54. The second kappa shape index (κ2) is 8.27. The van der Waals surface area contributed by atoms with Crippen LogP contribution in [0.4, 0.5) is 4.39 Å². The lowest BCUT2D eigenvalue weighted by atomic mass is 10.0. The van der Waals surface area contributed by atoms with Crippen LogP contribution in [0.5, 0.6) is 0 Å². The Bertz CT molecular complexity index is 993. The molecule has 0 unspecified atom stereocenters. The molecule has 144 valence electrons. The maximum atomic E-state index is 13.3. The number of carbonyl (C=O) groups excluding carboxylic acids is 1. The number of thioether (sulfide) groups is 1. The summed E-state index contributed by atoms with van der Waals surface area (Å²) in [6, 6.07) is 14.5. The summed E-state index contributed by atoms with van der Waals surface area (Å²) in [4.78, 5) is 14.6. The Balaban J connectivity index is 1.59. The number of nitrogens with zero attached hydrogens (tertiary/aromatic N) is 3. The highest BCUT2D eigenvalue weighted by molar-refractivity contribution is 8.00. The van der Waals surface area contributed by atoms with Crippen LogP contribution in [0, 0.1) is 5.82 Å². The molecular formula is C22H22FN3OS. The predicted molar refractivity (Wildman–Crippen MR) is 111 cm³/mol. The van der Waals surface area contributed by atoms with Crippen molar-refractivity contribution in [2.45, 2.75) is 37.3 Å². The lowest BCUT2D eigenvalue weighted by Gasteiger charge is -2.33. The molecule has 1 aliphatic rings. The fraction of sp³-hybridized carbons (Fsp3) is 0.318. The molecule has 0 saturated carbocycles. The zero-order valence-corrected chi connectivity index (χ0v) is 16.6. The van der Waals surface area contributed by atoms with Crippen LogP contribution in [0.3, 0.4) is 0 Å². The van der Waals surface area contributed by atoms with Gasteiger partial charge < -0.3 is 4.90 Å². The van der Waals surface area contributed by atoms with Gasteiger partial charge in [0.15, 0.2) is 0 Å². The van der Waals surface area contributed by atoms with Crippen LogP contribution in [0.15, 0.2) is 53.6 Å². The molecule has 1 amide bonds. The molecule has 1 aliphatic heterocycles. The van der Waals surface area contributed by atoms with E-state index in [0.717, 1.165) is 46.4 Å². The average molecular weight is 396 g/mol. The Kier molecular flexibility index (Phi) is 5.57. The summed E-state index contributed by atoms with van der Waals surface area (Å²) >= 11 is 1.44. The highest BCUT2D eigenvalue weighted by Crippen LogP contribution is 2.32. The summed E-state index contributed by atoms with van der Waals surface area (Å²) in [5, 5.41) is 11.4. The van der Waals surface area contributed by atoms with E-state index in [-0.39, 0.29) is 11.7 Å². The lowest BCUT2D eigenvalue weighted by Crippen LogP contribution is -2.42. The van der Waals surface area contributed by atoms with Crippen molar-refractivity contribution in [1.82, 2.24) is 15.1 Å². The normalized spacial score (nSPS) is 17.1. The molecule has 0 bridgehead atoms. The molecule has 1 atom stereocenters. The van der Waals surface area contributed by atoms with Gasteiger partial charge in [-0.2, -0.15) is 0 Å². The van der Waals surface area contributed by atoms with Crippen molar-refractivity contribution < 1.29 is 9.18 Å². The molecule has 0 spiro atoms. The van der Waals surface area contributed by atoms with Crippen LogP contribution in [0.2, 0.25) is 0 Å². The Hall–Kier alpha value is -2.47. The van der Waals surface area contributed by atoms with Gasteiger partial charge in [-0.05, 0) is 50.5 Å². The minimum Gasteiger partial charge on any atom is -0.339 e. The molecule has 6 heteroatoms. The Morgan fingerprint density at radius 2 is 1.86 bits per heavy atom. The number of piperidine rings is 1. The van der Waals surface area contributed by atoms with Crippen LogP contribution in [-0.4, -0.2) is 39.3 Å². The number of carbonyl (C=O) groups is 1. The van der Waals surface area contributed by atoms with Crippen molar-refractivity contribution in [1.29, 1.82) is 0 Å². The first-order chi connectivity index (χ1) is 13.6. The van der Waals surface area contributed by atoms with Gasteiger partial charge in [0.25, 0.3) is 0 Å². The van der Waals surface area contributed by atoms with Crippen LogP contribution >= 0.6 is 11.8 Å². The molecule has 3 aromatic rings. The number of benzene rings is 2. The molecule has 4 nitrogen and oxygen atoms in total. The number of hydrogen-bond donors (Lipinski definition) is 0. The largest absolute Gasteiger partial charge is 0.339 e. The summed E-state index contributed by atoms with van der Waals surface area (Å²) in [6.07, 6.45) is 3.35. The first-order valence-corrected chi connectivity index (χ1v) is 10.6. The van der Waals surface area contributed by atoms with Gasteiger partial charge in [-0.25, -0.2) is 4.39 Å². The molecule has 28 heavy (non-hydrogen) atoms. The quantitative estimate of drug-likeness (QED) is 0.588. The third-order valence-electron chi connectivity index (χ3n) is 5.23. The highest BCUT2D eigenvalue weighted by Gasteiger charge is 2.23. The van der Waals surface area contributed by atoms with Crippen LogP contribution in [0.1, 0.15) is 26.2 Å². The fourth-order valence-corrected chi connectivity index (χ4v) is 4.55. The minimum absolute atomic E-state index is 0.158. The van der Waals surface area contributed by atoms with Gasteiger partial charge in [-0.15, -0.1) is 10.2 Å². The van der Waals surface area contributed by atoms with E-state index < -0.39 is 0 Å². The van der Waals surface area contributed by atoms with Crippen molar-refractivity contribution in [3.05, 3.63) is 54.3 Å². The molecule has 0 aliphatic carbocycles. The fourth-order valence-electron chi connectivity index (χ4n) is 3.69. The minimum atomic E-state index is -0.279. The first kappa shape index (κ1) is 18.9. The molecule has 0 radical (unpaired) electrons. The summed E-state index contributed by atoms with van der Waals surface area (Å²) in [6.45, 7) is 2.96. The standard InChI is InChI=1S/C22H22FN3OS/c1-15-6-4-5-13-26(15)20(27)14-28-22-19-8-3-2-7-18(19)21(24-25-22)16-9-11-17(23)12-10-16/h2-3,7-12,15H,4-6,13-14H2,1H3/t15-/m0/s1. The van der Waals surface area contributed by atoms with Gasteiger partial charge in [0.2, 0.25) is 5.91 Å². The van der Waals surface area contributed by atoms with E-state index in [1.807, 2.05) is 29.2 Å². The van der Waals surface area contributed by atoms with E-state index in [0.29, 0.717) is 11.8 Å². The first-order valence-electron chi connectivity index (χ1n) is 9.57. The van der Waals surface area contributed by atoms with E-state index in [1.54, 1.807) is 12.1 Å². The van der Waals surface area contributed by atoms with Crippen LogP contribution in [0.25, 0.3) is 22.0 Å². The molecule has 4 rings (SSSR count). The van der Waals surface area contributed by atoms with Crippen molar-refractivity contribution in [3.63, 3.8) is 0 Å². The molecule has 1 fully saturated rings.